The van der Waals surface area contributed by atoms with Gasteiger partial charge in [-0.2, -0.15) is 0 Å². The average Bonchev–Trinajstić information content (AvgIpc) is 3.33. The summed E-state index contributed by atoms with van der Waals surface area (Å²) in [6.07, 6.45) is 4.09. The summed E-state index contributed by atoms with van der Waals surface area (Å²) in [6.45, 7) is 10.1. The fourth-order valence-corrected chi connectivity index (χ4v) is 5.90. The molecule has 0 aliphatic carbocycles. The summed E-state index contributed by atoms with van der Waals surface area (Å²) < 4.78 is 28.4. The summed E-state index contributed by atoms with van der Waals surface area (Å²) in [5, 5.41) is 9.52. The number of ether oxygens (including phenoxy) is 2. The molecule has 1 N–H and O–H groups in total. The van der Waals surface area contributed by atoms with Gasteiger partial charge in [0, 0.05) is 36.9 Å². The van der Waals surface area contributed by atoms with E-state index in [1.807, 2.05) is 18.2 Å². The molecule has 1 saturated heterocycles. The zero-order valence-corrected chi connectivity index (χ0v) is 26.8. The van der Waals surface area contributed by atoms with Gasteiger partial charge < -0.3 is 19.1 Å². The molecule has 0 spiro atoms. The van der Waals surface area contributed by atoms with Gasteiger partial charge in [-0.05, 0) is 54.8 Å². The normalized spacial score (nSPS) is 16.9. The van der Waals surface area contributed by atoms with Gasteiger partial charge in [-0.25, -0.2) is 19.2 Å². The van der Waals surface area contributed by atoms with Crippen LogP contribution in [-0.4, -0.2) is 64.4 Å². The van der Waals surface area contributed by atoms with Crippen molar-refractivity contribution in [2.24, 2.45) is 0 Å². The van der Waals surface area contributed by atoms with Crippen LogP contribution in [0.5, 0.6) is 5.88 Å². The van der Waals surface area contributed by atoms with Crippen molar-refractivity contribution in [1.82, 2.24) is 19.4 Å². The first-order valence-corrected chi connectivity index (χ1v) is 18.8. The van der Waals surface area contributed by atoms with Gasteiger partial charge in [-0.1, -0.05) is 43.8 Å². The molecule has 2 aliphatic heterocycles. The van der Waals surface area contributed by atoms with Gasteiger partial charge in [-0.15, -0.1) is 5.54 Å². The Hall–Kier alpha value is -4.30. The van der Waals surface area contributed by atoms with E-state index in [9.17, 15) is 14.3 Å². The smallest absolute Gasteiger partial charge is 0.335 e. The minimum atomic E-state index is -1.54. The minimum Gasteiger partial charge on any atom is -0.478 e. The van der Waals surface area contributed by atoms with Gasteiger partial charge in [0.1, 0.15) is 26.3 Å². The lowest BCUT2D eigenvalue weighted by atomic mass is 10.0. The molecule has 0 bridgehead atoms. The van der Waals surface area contributed by atoms with Crippen LogP contribution in [0.4, 0.5) is 4.39 Å². The first-order valence-electron chi connectivity index (χ1n) is 15.3. The number of pyridine rings is 1. The molecule has 232 valence electrons. The van der Waals surface area contributed by atoms with E-state index in [0.29, 0.717) is 30.1 Å². The summed E-state index contributed by atoms with van der Waals surface area (Å²) in [7, 11) is -1.54. The number of benzene rings is 2. The van der Waals surface area contributed by atoms with E-state index in [2.05, 4.69) is 46.6 Å². The highest BCUT2D eigenvalue weighted by atomic mass is 28.3. The molecule has 2 aromatic carbocycles. The summed E-state index contributed by atoms with van der Waals surface area (Å²) in [5.74, 6) is 3.16. The lowest BCUT2D eigenvalue weighted by Crippen LogP contribution is -2.33. The SMILES string of the molecule is C[Si](C)(C)C#Cc1ccc(COc2cccc(C3=CCN(Cc4nc5ccc(C(=O)O)cc5n4C[C@@H]4CCO4)CC3)n2)c(F)c1. The molecule has 10 heteroatoms. The maximum absolute atomic E-state index is 14.7. The predicted molar refractivity (Wildman–Crippen MR) is 174 cm³/mol. The van der Waals surface area contributed by atoms with Crippen LogP contribution < -0.4 is 4.74 Å². The molecular formula is C35H37FN4O4Si. The van der Waals surface area contributed by atoms with Crippen molar-refractivity contribution in [3.63, 3.8) is 0 Å². The third-order valence-corrected chi connectivity index (χ3v) is 8.85. The van der Waals surface area contributed by atoms with E-state index in [0.717, 1.165) is 60.7 Å². The number of halogens is 1. The van der Waals surface area contributed by atoms with Crippen LogP contribution in [0.1, 0.15) is 45.8 Å². The second-order valence-corrected chi connectivity index (χ2v) is 17.3. The summed E-state index contributed by atoms with van der Waals surface area (Å²) in [6, 6.07) is 15.8. The number of nitrogens with zero attached hydrogens (tertiary/aromatic N) is 4. The standard InChI is InChI=1S/C35H37FN4O4Si/c1-45(2,3)18-14-24-7-8-27(29(36)19-24)23-44-34-6-4-5-30(38-34)25-11-15-39(16-12-25)22-33-37-31-10-9-26(35(41)42)20-32(31)40(33)21-28-13-17-43-28/h4-11,19-20,28H,12-13,15-17,21-23H2,1-3H3,(H,41,42)/t28-/m0/s1. The third kappa shape index (κ3) is 7.51. The number of carboxylic acid groups (broad SMARTS) is 1. The van der Waals surface area contributed by atoms with Crippen molar-refractivity contribution in [2.75, 3.05) is 19.7 Å². The van der Waals surface area contributed by atoms with Gasteiger partial charge in [0.05, 0.1) is 41.5 Å². The Morgan fingerprint density at radius 1 is 1.16 bits per heavy atom. The highest BCUT2D eigenvalue weighted by Crippen LogP contribution is 2.27. The molecule has 4 heterocycles. The molecule has 0 unspecified atom stereocenters. The number of rotatable bonds is 9. The molecule has 1 atom stereocenters. The third-order valence-electron chi connectivity index (χ3n) is 7.98. The lowest BCUT2D eigenvalue weighted by Gasteiger charge is -2.29. The van der Waals surface area contributed by atoms with Crippen molar-refractivity contribution in [3.05, 3.63) is 94.7 Å². The maximum Gasteiger partial charge on any atom is 0.335 e. The van der Waals surface area contributed by atoms with Crippen LogP contribution in [0.15, 0.2) is 60.7 Å². The van der Waals surface area contributed by atoms with Crippen LogP contribution >= 0.6 is 0 Å². The van der Waals surface area contributed by atoms with Crippen molar-refractivity contribution in [2.45, 2.75) is 58.3 Å². The second-order valence-electron chi connectivity index (χ2n) is 12.6. The number of fused-ring (bicyclic) bond motifs is 1. The number of aromatic nitrogens is 3. The van der Waals surface area contributed by atoms with Crippen LogP contribution in [-0.2, 0) is 24.4 Å². The van der Waals surface area contributed by atoms with E-state index in [-0.39, 0.29) is 24.1 Å². The van der Waals surface area contributed by atoms with Crippen LogP contribution in [0, 0.1) is 17.3 Å². The molecule has 4 aromatic rings. The lowest BCUT2D eigenvalue weighted by molar-refractivity contribution is -0.0591. The highest BCUT2D eigenvalue weighted by Gasteiger charge is 2.24. The van der Waals surface area contributed by atoms with E-state index in [1.165, 1.54) is 6.07 Å². The summed E-state index contributed by atoms with van der Waals surface area (Å²) >= 11 is 0. The molecule has 8 nitrogen and oxygen atoms in total. The number of hydrogen-bond acceptors (Lipinski definition) is 6. The Bertz CT molecular complexity index is 1830. The van der Waals surface area contributed by atoms with Crippen molar-refractivity contribution >= 4 is 30.6 Å². The molecular weight excluding hydrogens is 587 g/mol. The van der Waals surface area contributed by atoms with Crippen LogP contribution in [0.25, 0.3) is 16.6 Å². The summed E-state index contributed by atoms with van der Waals surface area (Å²) in [4.78, 5) is 23.5. The molecule has 2 aromatic heterocycles. The molecule has 1 fully saturated rings. The topological polar surface area (TPSA) is 89.7 Å². The van der Waals surface area contributed by atoms with Gasteiger partial charge in [0.2, 0.25) is 5.88 Å². The van der Waals surface area contributed by atoms with E-state index >= 15 is 0 Å². The van der Waals surface area contributed by atoms with Crippen molar-refractivity contribution in [1.29, 1.82) is 0 Å². The minimum absolute atomic E-state index is 0.0810. The van der Waals surface area contributed by atoms with E-state index < -0.39 is 14.0 Å². The molecule has 45 heavy (non-hydrogen) atoms. The van der Waals surface area contributed by atoms with Gasteiger partial charge in [0.25, 0.3) is 0 Å². The molecule has 0 amide bonds. The first-order chi connectivity index (χ1) is 21.6. The maximum atomic E-state index is 14.7. The second kappa shape index (κ2) is 13.0. The Kier molecular flexibility index (Phi) is 8.85. The van der Waals surface area contributed by atoms with Crippen molar-refractivity contribution in [3.8, 4) is 17.3 Å². The van der Waals surface area contributed by atoms with E-state index in [4.69, 9.17) is 19.4 Å². The molecule has 0 saturated carbocycles. The molecule has 2 aliphatic rings. The number of carbonyl (C=O) groups is 1. The predicted octanol–water partition coefficient (Wildman–Crippen LogP) is 6.15. The van der Waals surface area contributed by atoms with Gasteiger partial charge >= 0.3 is 5.97 Å². The zero-order valence-electron chi connectivity index (χ0n) is 25.8. The Labute approximate surface area is 263 Å². The highest BCUT2D eigenvalue weighted by molar-refractivity contribution is 6.83. The summed E-state index contributed by atoms with van der Waals surface area (Å²) in [5.41, 5.74) is 8.24. The first kappa shape index (κ1) is 30.7. The quantitative estimate of drug-likeness (QED) is 0.176. The Balaban J connectivity index is 1.11. The molecule has 6 rings (SSSR count). The van der Waals surface area contributed by atoms with Crippen molar-refractivity contribution < 1.29 is 23.8 Å². The fourth-order valence-electron chi connectivity index (χ4n) is 5.38. The number of imidazole rings is 1. The number of hydrogen-bond donors (Lipinski definition) is 1. The Morgan fingerprint density at radius 2 is 2.00 bits per heavy atom. The Morgan fingerprint density at radius 3 is 2.69 bits per heavy atom. The van der Waals surface area contributed by atoms with Gasteiger partial charge in [-0.3, -0.25) is 4.90 Å². The zero-order chi connectivity index (χ0) is 31.6. The fraction of sp³-hybridized carbons (Fsp3) is 0.343. The molecule has 0 radical (unpaired) electrons. The largest absolute Gasteiger partial charge is 0.478 e. The van der Waals surface area contributed by atoms with Crippen LogP contribution in [0.2, 0.25) is 19.6 Å². The van der Waals surface area contributed by atoms with Gasteiger partial charge in [0.15, 0.2) is 0 Å². The van der Waals surface area contributed by atoms with Crippen LogP contribution in [0.3, 0.4) is 0 Å². The number of carboxylic acids is 1. The monoisotopic (exact) mass is 624 g/mol. The average molecular weight is 625 g/mol. The van der Waals surface area contributed by atoms with E-state index in [1.54, 1.807) is 30.3 Å². The number of aromatic carboxylic acids is 1.